The smallest absolute Gasteiger partial charge is 0.243 e. The SMILES string of the molecule is Cc1cc(C)n(CC(C)CNC(=O)C2CCN(S(=O)(=O)c3ccc4c(c3)OCCO4)CC2)n1. The Morgan fingerprint density at radius 1 is 1.15 bits per heavy atom. The lowest BCUT2D eigenvalue weighted by molar-refractivity contribution is -0.126. The fourth-order valence-electron chi connectivity index (χ4n) is 4.33. The quantitative estimate of drug-likeness (QED) is 0.657. The summed E-state index contributed by atoms with van der Waals surface area (Å²) in [5, 5.41) is 7.51. The van der Waals surface area contributed by atoms with Gasteiger partial charge in [-0.05, 0) is 50.8 Å². The lowest BCUT2D eigenvalue weighted by Crippen LogP contribution is -2.43. The van der Waals surface area contributed by atoms with Gasteiger partial charge in [0.2, 0.25) is 15.9 Å². The van der Waals surface area contributed by atoms with Gasteiger partial charge in [0, 0.05) is 43.9 Å². The standard InChI is InChI=1S/C23H32N4O5S/c1-16(15-27-18(3)12-17(2)25-27)14-24-23(28)19-6-8-26(9-7-19)33(29,30)20-4-5-21-22(13-20)32-11-10-31-21/h4-5,12-13,16,19H,6-11,14-15H2,1-3H3,(H,24,28). The molecule has 0 spiro atoms. The third kappa shape index (κ3) is 5.33. The number of ether oxygens (including phenoxy) is 2. The van der Waals surface area contributed by atoms with Crippen molar-refractivity contribution in [2.45, 2.75) is 45.1 Å². The number of carbonyl (C=O) groups excluding carboxylic acids is 1. The van der Waals surface area contributed by atoms with Gasteiger partial charge in [0.25, 0.3) is 0 Å². The van der Waals surface area contributed by atoms with E-state index in [0.29, 0.717) is 57.2 Å². The molecule has 10 heteroatoms. The molecule has 3 heterocycles. The number of nitrogens with zero attached hydrogens (tertiary/aromatic N) is 3. The summed E-state index contributed by atoms with van der Waals surface area (Å²) in [6.07, 6.45) is 1.00. The normalized spacial score (nSPS) is 18.2. The Balaban J connectivity index is 1.28. The van der Waals surface area contributed by atoms with E-state index in [1.165, 1.54) is 10.4 Å². The highest BCUT2D eigenvalue weighted by atomic mass is 32.2. The number of benzene rings is 1. The van der Waals surface area contributed by atoms with Crippen molar-refractivity contribution in [3.8, 4) is 11.5 Å². The number of hydrogen-bond donors (Lipinski definition) is 1. The van der Waals surface area contributed by atoms with Crippen LogP contribution in [0, 0.1) is 25.7 Å². The van der Waals surface area contributed by atoms with Gasteiger partial charge in [-0.1, -0.05) is 6.92 Å². The van der Waals surface area contributed by atoms with Gasteiger partial charge in [-0.25, -0.2) is 8.42 Å². The molecular weight excluding hydrogens is 444 g/mol. The number of amides is 1. The van der Waals surface area contributed by atoms with Gasteiger partial charge < -0.3 is 14.8 Å². The van der Waals surface area contributed by atoms with Crippen molar-refractivity contribution in [1.82, 2.24) is 19.4 Å². The van der Waals surface area contributed by atoms with Crippen molar-refractivity contribution in [3.63, 3.8) is 0 Å². The summed E-state index contributed by atoms with van der Waals surface area (Å²) in [4.78, 5) is 12.9. The molecule has 1 unspecified atom stereocenters. The largest absolute Gasteiger partial charge is 0.486 e. The van der Waals surface area contributed by atoms with E-state index in [0.717, 1.165) is 17.9 Å². The average Bonchev–Trinajstić information content (AvgIpc) is 3.13. The molecule has 1 aromatic carbocycles. The van der Waals surface area contributed by atoms with Crippen LogP contribution in [0.4, 0.5) is 0 Å². The molecule has 0 saturated carbocycles. The maximum absolute atomic E-state index is 13.1. The van der Waals surface area contributed by atoms with Gasteiger partial charge in [0.1, 0.15) is 13.2 Å². The number of carbonyl (C=O) groups is 1. The van der Waals surface area contributed by atoms with E-state index in [1.807, 2.05) is 24.6 Å². The lowest BCUT2D eigenvalue weighted by atomic mass is 9.97. The predicted octanol–water partition coefficient (Wildman–Crippen LogP) is 2.12. The van der Waals surface area contributed by atoms with Crippen LogP contribution in [0.15, 0.2) is 29.2 Å². The Hall–Kier alpha value is -2.59. The van der Waals surface area contributed by atoms with Crippen molar-refractivity contribution in [2.75, 3.05) is 32.8 Å². The molecule has 0 aliphatic carbocycles. The molecule has 2 aliphatic rings. The fraction of sp³-hybridized carbons (Fsp3) is 0.565. The number of rotatable bonds is 7. The van der Waals surface area contributed by atoms with Crippen LogP contribution in [0.5, 0.6) is 11.5 Å². The Labute approximate surface area is 195 Å². The molecule has 9 nitrogen and oxygen atoms in total. The number of hydrogen-bond acceptors (Lipinski definition) is 6. The molecule has 4 rings (SSSR count). The predicted molar refractivity (Wildman–Crippen MR) is 123 cm³/mol. The minimum absolute atomic E-state index is 0.00778. The topological polar surface area (TPSA) is 103 Å². The first-order chi connectivity index (χ1) is 15.7. The summed E-state index contributed by atoms with van der Waals surface area (Å²) in [5.74, 6) is 1.06. The Morgan fingerprint density at radius 2 is 1.85 bits per heavy atom. The first-order valence-electron chi connectivity index (χ1n) is 11.4. The molecular formula is C23H32N4O5S. The van der Waals surface area contributed by atoms with Gasteiger partial charge in [-0.15, -0.1) is 0 Å². The molecule has 0 radical (unpaired) electrons. The van der Waals surface area contributed by atoms with Crippen LogP contribution in [0.2, 0.25) is 0 Å². The average molecular weight is 477 g/mol. The summed E-state index contributed by atoms with van der Waals surface area (Å²) in [7, 11) is -3.65. The van der Waals surface area contributed by atoms with Crippen LogP contribution in [-0.4, -0.2) is 61.3 Å². The number of aromatic nitrogens is 2. The van der Waals surface area contributed by atoms with Crippen LogP contribution in [0.1, 0.15) is 31.2 Å². The van der Waals surface area contributed by atoms with Gasteiger partial charge in [-0.2, -0.15) is 9.40 Å². The highest BCUT2D eigenvalue weighted by Crippen LogP contribution is 2.34. The summed E-state index contributed by atoms with van der Waals surface area (Å²) in [6, 6.07) is 6.74. The van der Waals surface area contributed by atoms with E-state index in [2.05, 4.69) is 17.3 Å². The van der Waals surface area contributed by atoms with Crippen molar-refractivity contribution in [3.05, 3.63) is 35.7 Å². The second-order valence-electron chi connectivity index (χ2n) is 8.94. The first-order valence-corrected chi connectivity index (χ1v) is 12.9. The summed E-state index contributed by atoms with van der Waals surface area (Å²) < 4.78 is 40.6. The van der Waals surface area contributed by atoms with Gasteiger partial charge >= 0.3 is 0 Å². The van der Waals surface area contributed by atoms with Crippen LogP contribution in [-0.2, 0) is 21.4 Å². The van der Waals surface area contributed by atoms with Crippen LogP contribution in [0.3, 0.4) is 0 Å². The Kier molecular flexibility index (Phi) is 6.94. The molecule has 0 bridgehead atoms. The molecule has 1 aromatic heterocycles. The summed E-state index contributed by atoms with van der Waals surface area (Å²) >= 11 is 0. The Morgan fingerprint density at radius 3 is 2.52 bits per heavy atom. The van der Waals surface area contributed by atoms with Crippen LogP contribution in [0.25, 0.3) is 0 Å². The molecule has 33 heavy (non-hydrogen) atoms. The molecule has 1 N–H and O–H groups in total. The third-order valence-corrected chi connectivity index (χ3v) is 8.08. The number of sulfonamides is 1. The van der Waals surface area contributed by atoms with Crippen molar-refractivity contribution in [1.29, 1.82) is 0 Å². The lowest BCUT2D eigenvalue weighted by Gasteiger charge is -2.31. The number of aryl methyl sites for hydroxylation is 2. The molecule has 2 aromatic rings. The van der Waals surface area contributed by atoms with E-state index in [-0.39, 0.29) is 22.6 Å². The van der Waals surface area contributed by atoms with Crippen LogP contribution >= 0.6 is 0 Å². The van der Waals surface area contributed by atoms with E-state index >= 15 is 0 Å². The Bertz CT molecular complexity index is 1110. The minimum Gasteiger partial charge on any atom is -0.486 e. The molecule has 2 aliphatic heterocycles. The second kappa shape index (κ2) is 9.72. The molecule has 1 fully saturated rings. The van der Waals surface area contributed by atoms with Crippen LogP contribution < -0.4 is 14.8 Å². The highest BCUT2D eigenvalue weighted by molar-refractivity contribution is 7.89. The number of nitrogens with one attached hydrogen (secondary N) is 1. The maximum atomic E-state index is 13.1. The zero-order valence-electron chi connectivity index (χ0n) is 19.4. The van der Waals surface area contributed by atoms with E-state index in [4.69, 9.17) is 9.47 Å². The molecule has 180 valence electrons. The highest BCUT2D eigenvalue weighted by Gasteiger charge is 2.33. The number of piperidine rings is 1. The first kappa shape index (κ1) is 23.6. The summed E-state index contributed by atoms with van der Waals surface area (Å²) in [6.45, 7) is 8.87. The van der Waals surface area contributed by atoms with Crippen molar-refractivity contribution >= 4 is 15.9 Å². The molecule has 1 amide bonds. The van der Waals surface area contributed by atoms with Crippen molar-refractivity contribution in [2.24, 2.45) is 11.8 Å². The monoisotopic (exact) mass is 476 g/mol. The minimum atomic E-state index is -3.65. The zero-order valence-corrected chi connectivity index (χ0v) is 20.2. The third-order valence-electron chi connectivity index (χ3n) is 6.19. The fourth-order valence-corrected chi connectivity index (χ4v) is 5.82. The van der Waals surface area contributed by atoms with Gasteiger partial charge in [0.05, 0.1) is 10.6 Å². The summed E-state index contributed by atoms with van der Waals surface area (Å²) in [5.41, 5.74) is 2.10. The number of fused-ring (bicyclic) bond motifs is 1. The second-order valence-corrected chi connectivity index (χ2v) is 10.9. The van der Waals surface area contributed by atoms with Crippen molar-refractivity contribution < 1.29 is 22.7 Å². The van der Waals surface area contributed by atoms with E-state index in [1.54, 1.807) is 12.1 Å². The molecule has 1 saturated heterocycles. The maximum Gasteiger partial charge on any atom is 0.243 e. The molecule has 1 atom stereocenters. The van der Waals surface area contributed by atoms with E-state index < -0.39 is 10.0 Å². The zero-order chi connectivity index (χ0) is 23.6. The van der Waals surface area contributed by atoms with Gasteiger partial charge in [0.15, 0.2) is 11.5 Å². The van der Waals surface area contributed by atoms with E-state index in [9.17, 15) is 13.2 Å². The van der Waals surface area contributed by atoms with Gasteiger partial charge in [-0.3, -0.25) is 9.48 Å².